The quantitative estimate of drug-likeness (QED) is 0.488. The van der Waals surface area contributed by atoms with Crippen LogP contribution in [0.15, 0.2) is 11.5 Å². The van der Waals surface area contributed by atoms with Gasteiger partial charge in [0.1, 0.15) is 0 Å². The van der Waals surface area contributed by atoms with Crippen molar-refractivity contribution in [2.75, 3.05) is 0 Å². The number of unbranched alkanes of at least 4 members (excludes halogenated alkanes) is 1. The minimum absolute atomic E-state index is 0. The minimum atomic E-state index is -3.38. The summed E-state index contributed by atoms with van der Waals surface area (Å²) in [6, 6.07) is 0. The Morgan fingerprint density at radius 2 is 2.10 bits per heavy atom. The maximum absolute atomic E-state index is 10.2. The number of hydrogen-bond acceptors (Lipinski definition) is 2. The van der Waals surface area contributed by atoms with E-state index < -0.39 is 10.0 Å². The summed E-state index contributed by atoms with van der Waals surface area (Å²) in [7, 11) is -3.38. The van der Waals surface area contributed by atoms with Gasteiger partial charge in [0.2, 0.25) is 10.0 Å². The van der Waals surface area contributed by atoms with Gasteiger partial charge in [0, 0.05) is 5.41 Å². The van der Waals surface area contributed by atoms with Crippen LogP contribution >= 0.6 is 0 Å². The first-order valence-corrected chi connectivity index (χ1v) is 4.36. The largest absolute Gasteiger partial charge is 1.00 e. The molecule has 0 atom stereocenters. The van der Waals surface area contributed by atoms with Crippen molar-refractivity contribution in [1.29, 1.82) is 0 Å². The number of rotatable bonds is 3. The van der Waals surface area contributed by atoms with Gasteiger partial charge in [-0.05, 0) is 6.42 Å². The fourth-order valence-electron chi connectivity index (χ4n) is 0.369. The second-order valence-corrected chi connectivity index (χ2v) is 3.20. The average molecular weight is 173 g/mol. The molecular formula is C5H12NNaO2S. The summed E-state index contributed by atoms with van der Waals surface area (Å²) in [6.07, 6.45) is 3.25. The van der Waals surface area contributed by atoms with Gasteiger partial charge >= 0.3 is 29.6 Å². The van der Waals surface area contributed by atoms with E-state index in [-0.39, 0.29) is 31.0 Å². The second kappa shape index (κ2) is 6.37. The van der Waals surface area contributed by atoms with Gasteiger partial charge in [0.05, 0.1) is 0 Å². The van der Waals surface area contributed by atoms with E-state index in [1.165, 1.54) is 0 Å². The van der Waals surface area contributed by atoms with Crippen molar-refractivity contribution in [2.24, 2.45) is 5.14 Å². The molecule has 0 radical (unpaired) electrons. The van der Waals surface area contributed by atoms with E-state index >= 15 is 0 Å². The molecule has 0 bridgehead atoms. The van der Waals surface area contributed by atoms with E-state index in [1.54, 1.807) is 6.08 Å². The van der Waals surface area contributed by atoms with Crippen LogP contribution in [0.25, 0.3) is 0 Å². The smallest absolute Gasteiger partial charge is 1.00 e. The van der Waals surface area contributed by atoms with Crippen molar-refractivity contribution in [2.45, 2.75) is 19.8 Å². The molecule has 0 aromatic rings. The maximum Gasteiger partial charge on any atom is 1.00 e. The molecule has 2 N–H and O–H groups in total. The molecule has 0 aliphatic rings. The van der Waals surface area contributed by atoms with Crippen LogP contribution in [0.4, 0.5) is 0 Å². The van der Waals surface area contributed by atoms with Crippen molar-refractivity contribution in [3.63, 3.8) is 0 Å². The van der Waals surface area contributed by atoms with E-state index in [1.807, 2.05) is 6.92 Å². The fraction of sp³-hybridized carbons (Fsp3) is 0.600. The standard InChI is InChI=1S/C5H11NO2S.Na.H/c1-2-3-4-5-9(6,7)8;;/h4-5H,2-3H2,1H3,(H2,6,7,8);;/q;+1;-1/b5-4+;;. The van der Waals surface area contributed by atoms with E-state index in [0.29, 0.717) is 0 Å². The molecule has 0 heterocycles. The SMILES string of the molecule is CCC/C=C/S(N)(=O)=O.[H-].[Na+]. The van der Waals surface area contributed by atoms with Crippen LogP contribution in [0.3, 0.4) is 0 Å². The predicted molar refractivity (Wildman–Crippen MR) is 38.3 cm³/mol. The zero-order valence-corrected chi connectivity index (χ0v) is 9.19. The Kier molecular flexibility index (Phi) is 8.44. The molecule has 0 rings (SSSR count). The third kappa shape index (κ3) is 11.4. The van der Waals surface area contributed by atoms with Crippen molar-refractivity contribution in [3.8, 4) is 0 Å². The average Bonchev–Trinajstić information content (AvgIpc) is 1.63. The molecule has 56 valence electrons. The zero-order valence-electron chi connectivity index (χ0n) is 7.37. The van der Waals surface area contributed by atoms with Gasteiger partial charge in [-0.25, -0.2) is 13.6 Å². The van der Waals surface area contributed by atoms with Crippen LogP contribution in [0, 0.1) is 0 Å². The Morgan fingerprint density at radius 3 is 2.40 bits per heavy atom. The van der Waals surface area contributed by atoms with Crippen LogP contribution in [-0.4, -0.2) is 8.42 Å². The van der Waals surface area contributed by atoms with E-state index in [4.69, 9.17) is 0 Å². The summed E-state index contributed by atoms with van der Waals surface area (Å²) in [5, 5.41) is 5.69. The first-order valence-electron chi connectivity index (χ1n) is 2.75. The third-order valence-corrected chi connectivity index (χ3v) is 1.31. The van der Waals surface area contributed by atoms with Crippen molar-refractivity contribution >= 4 is 10.0 Å². The topological polar surface area (TPSA) is 60.2 Å². The van der Waals surface area contributed by atoms with Gasteiger partial charge in [0.25, 0.3) is 0 Å². The zero-order chi connectivity index (χ0) is 7.33. The Balaban J connectivity index is -0.000000320. The number of hydrogen-bond donors (Lipinski definition) is 1. The van der Waals surface area contributed by atoms with Gasteiger partial charge in [-0.1, -0.05) is 19.4 Å². The first kappa shape index (κ1) is 13.3. The third-order valence-electron chi connectivity index (χ3n) is 0.741. The van der Waals surface area contributed by atoms with Gasteiger partial charge in [-0.2, -0.15) is 0 Å². The van der Waals surface area contributed by atoms with Gasteiger partial charge < -0.3 is 1.43 Å². The molecule has 0 unspecified atom stereocenters. The van der Waals surface area contributed by atoms with Gasteiger partial charge in [-0.15, -0.1) is 0 Å². The van der Waals surface area contributed by atoms with Gasteiger partial charge in [0.15, 0.2) is 0 Å². The Hall–Kier alpha value is 0.650. The molecule has 0 aromatic carbocycles. The summed E-state index contributed by atoms with van der Waals surface area (Å²) in [4.78, 5) is 0. The van der Waals surface area contributed by atoms with Crippen molar-refractivity contribution in [3.05, 3.63) is 11.5 Å². The summed E-state index contributed by atoms with van der Waals surface area (Å²) >= 11 is 0. The molecule has 0 saturated heterocycles. The van der Waals surface area contributed by atoms with Crippen molar-refractivity contribution < 1.29 is 39.4 Å². The number of sulfonamides is 1. The number of nitrogens with two attached hydrogens (primary N) is 1. The van der Waals surface area contributed by atoms with Crippen LogP contribution in [0.1, 0.15) is 21.2 Å². The van der Waals surface area contributed by atoms with Crippen LogP contribution in [0.2, 0.25) is 0 Å². The number of allylic oxidation sites excluding steroid dienone is 1. The maximum atomic E-state index is 10.2. The molecule has 0 spiro atoms. The minimum Gasteiger partial charge on any atom is -1.00 e. The monoisotopic (exact) mass is 173 g/mol. The van der Waals surface area contributed by atoms with Crippen molar-refractivity contribution in [1.82, 2.24) is 0 Å². The Morgan fingerprint density at radius 1 is 1.60 bits per heavy atom. The molecule has 10 heavy (non-hydrogen) atoms. The number of primary sulfonamides is 1. The molecule has 3 nitrogen and oxygen atoms in total. The second-order valence-electron chi connectivity index (χ2n) is 1.75. The van der Waals surface area contributed by atoms with Crippen LogP contribution in [0.5, 0.6) is 0 Å². The summed E-state index contributed by atoms with van der Waals surface area (Å²) < 4.78 is 20.4. The molecule has 5 heteroatoms. The molecule has 0 fully saturated rings. The summed E-state index contributed by atoms with van der Waals surface area (Å²) in [6.45, 7) is 1.97. The first-order chi connectivity index (χ1) is 4.06. The van der Waals surface area contributed by atoms with E-state index in [2.05, 4.69) is 5.14 Å². The Labute approximate surface area is 85.5 Å². The molecule has 0 aromatic heterocycles. The Bertz CT molecular complexity index is 191. The molecular weight excluding hydrogens is 161 g/mol. The molecule has 0 aliphatic heterocycles. The van der Waals surface area contributed by atoms with Crippen LogP contribution in [-0.2, 0) is 10.0 Å². The van der Waals surface area contributed by atoms with Crippen LogP contribution < -0.4 is 34.7 Å². The summed E-state index contributed by atoms with van der Waals surface area (Å²) in [5.41, 5.74) is 0. The molecule has 0 amide bonds. The normalized spacial score (nSPS) is 11.4. The molecule has 0 saturated carbocycles. The summed E-state index contributed by atoms with van der Waals surface area (Å²) in [5.74, 6) is 0. The molecule has 0 aliphatic carbocycles. The fourth-order valence-corrected chi connectivity index (χ4v) is 0.773. The van der Waals surface area contributed by atoms with E-state index in [0.717, 1.165) is 18.2 Å². The van der Waals surface area contributed by atoms with Gasteiger partial charge in [-0.3, -0.25) is 0 Å². The van der Waals surface area contributed by atoms with E-state index in [9.17, 15) is 8.42 Å². The predicted octanol–water partition coefficient (Wildman–Crippen LogP) is -2.29.